The number of rotatable bonds is 6. The van der Waals surface area contributed by atoms with E-state index >= 15 is 0 Å². The molecule has 0 unspecified atom stereocenters. The number of halogens is 1. The van der Waals surface area contributed by atoms with Crippen molar-refractivity contribution in [3.8, 4) is 11.4 Å². The van der Waals surface area contributed by atoms with Gasteiger partial charge in [0.25, 0.3) is 0 Å². The zero-order valence-corrected chi connectivity index (χ0v) is 19.9. The van der Waals surface area contributed by atoms with Crippen molar-refractivity contribution in [2.75, 3.05) is 32.8 Å². The van der Waals surface area contributed by atoms with E-state index in [-0.39, 0.29) is 23.7 Å². The molecule has 0 N–H and O–H groups in total. The van der Waals surface area contributed by atoms with Crippen molar-refractivity contribution < 1.29 is 18.8 Å². The molecule has 3 heterocycles. The van der Waals surface area contributed by atoms with Crippen LogP contribution in [-0.2, 0) is 20.9 Å². The smallest absolute Gasteiger partial charge is 0.309 e. The van der Waals surface area contributed by atoms with E-state index in [9.17, 15) is 9.59 Å². The fraction of sp³-hybridized carbons (Fsp3) is 0.565. The van der Waals surface area contributed by atoms with Gasteiger partial charge in [-0.2, -0.15) is 4.98 Å². The van der Waals surface area contributed by atoms with E-state index in [2.05, 4.69) is 31.0 Å². The minimum atomic E-state index is -0.128. The standard InChI is InChI=1S/C23H29BrN4O4/c1-2-31-23(30)17-8-12-28(13-9-17)22(29)16-6-10-27(11-7-16)15-20-25-21(26-32-20)18-4-3-5-19(24)14-18/h3-5,14,16-17H,2,6-13,15H2,1H3. The number of piperidine rings is 2. The van der Waals surface area contributed by atoms with Gasteiger partial charge in [-0.25, -0.2) is 0 Å². The van der Waals surface area contributed by atoms with Crippen molar-refractivity contribution in [3.63, 3.8) is 0 Å². The molecule has 9 heteroatoms. The van der Waals surface area contributed by atoms with Gasteiger partial charge in [-0.3, -0.25) is 14.5 Å². The van der Waals surface area contributed by atoms with Crippen LogP contribution >= 0.6 is 15.9 Å². The average molecular weight is 505 g/mol. The highest BCUT2D eigenvalue weighted by molar-refractivity contribution is 9.10. The number of ether oxygens (including phenoxy) is 1. The Morgan fingerprint density at radius 1 is 1.12 bits per heavy atom. The first-order chi connectivity index (χ1) is 15.5. The van der Waals surface area contributed by atoms with Crippen molar-refractivity contribution in [1.29, 1.82) is 0 Å². The van der Waals surface area contributed by atoms with Gasteiger partial charge in [-0.1, -0.05) is 33.2 Å². The van der Waals surface area contributed by atoms with Gasteiger partial charge in [0.1, 0.15) is 0 Å². The van der Waals surface area contributed by atoms with Gasteiger partial charge in [0.15, 0.2) is 0 Å². The predicted molar refractivity (Wildman–Crippen MR) is 121 cm³/mol. The van der Waals surface area contributed by atoms with Crippen LogP contribution in [0.2, 0.25) is 0 Å². The summed E-state index contributed by atoms with van der Waals surface area (Å²) >= 11 is 3.46. The molecule has 4 rings (SSSR count). The van der Waals surface area contributed by atoms with Crippen molar-refractivity contribution in [3.05, 3.63) is 34.6 Å². The average Bonchev–Trinajstić information content (AvgIpc) is 3.28. The van der Waals surface area contributed by atoms with Gasteiger partial charge in [0.05, 0.1) is 19.1 Å². The first-order valence-electron chi connectivity index (χ1n) is 11.3. The summed E-state index contributed by atoms with van der Waals surface area (Å²) in [6.45, 7) is 5.75. The summed E-state index contributed by atoms with van der Waals surface area (Å²) in [5.74, 6) is 1.24. The summed E-state index contributed by atoms with van der Waals surface area (Å²) in [6, 6.07) is 7.81. The second-order valence-electron chi connectivity index (χ2n) is 8.42. The van der Waals surface area contributed by atoms with Gasteiger partial charge in [0.2, 0.25) is 17.6 Å². The first kappa shape index (κ1) is 22.9. The number of nitrogens with zero attached hydrogens (tertiary/aromatic N) is 4. The van der Waals surface area contributed by atoms with E-state index in [4.69, 9.17) is 9.26 Å². The minimum absolute atomic E-state index is 0.0466. The van der Waals surface area contributed by atoms with Crippen LogP contribution in [0.3, 0.4) is 0 Å². The fourth-order valence-corrected chi connectivity index (χ4v) is 4.85. The third-order valence-corrected chi connectivity index (χ3v) is 6.77. The molecule has 32 heavy (non-hydrogen) atoms. The van der Waals surface area contributed by atoms with Crippen LogP contribution in [0.1, 0.15) is 38.5 Å². The molecule has 1 aromatic carbocycles. The highest BCUT2D eigenvalue weighted by Gasteiger charge is 2.33. The lowest BCUT2D eigenvalue weighted by Crippen LogP contribution is -2.46. The second-order valence-corrected chi connectivity index (χ2v) is 9.34. The first-order valence-corrected chi connectivity index (χ1v) is 12.1. The minimum Gasteiger partial charge on any atom is -0.466 e. The van der Waals surface area contributed by atoms with Gasteiger partial charge in [0, 0.05) is 29.0 Å². The van der Waals surface area contributed by atoms with Crippen molar-refractivity contribution in [2.45, 2.75) is 39.2 Å². The molecule has 0 spiro atoms. The zero-order chi connectivity index (χ0) is 22.5. The molecule has 2 saturated heterocycles. The van der Waals surface area contributed by atoms with Gasteiger partial charge in [-0.05, 0) is 57.8 Å². The Hall–Kier alpha value is -2.26. The van der Waals surface area contributed by atoms with Crippen molar-refractivity contribution in [1.82, 2.24) is 19.9 Å². The van der Waals surface area contributed by atoms with Crippen LogP contribution in [0.4, 0.5) is 0 Å². The zero-order valence-electron chi connectivity index (χ0n) is 18.3. The highest BCUT2D eigenvalue weighted by atomic mass is 79.9. The monoisotopic (exact) mass is 504 g/mol. The molecule has 172 valence electrons. The normalized spacial score (nSPS) is 18.6. The second kappa shape index (κ2) is 10.6. The number of carbonyl (C=O) groups is 2. The molecule has 2 aromatic rings. The van der Waals surface area contributed by atoms with Gasteiger partial charge >= 0.3 is 5.97 Å². The molecule has 0 atom stereocenters. The van der Waals surface area contributed by atoms with Crippen LogP contribution in [0.25, 0.3) is 11.4 Å². The lowest BCUT2D eigenvalue weighted by molar-refractivity contribution is -0.152. The Morgan fingerprint density at radius 2 is 1.84 bits per heavy atom. The summed E-state index contributed by atoms with van der Waals surface area (Å²) in [5.41, 5.74) is 0.908. The lowest BCUT2D eigenvalue weighted by atomic mass is 9.92. The quantitative estimate of drug-likeness (QED) is 0.556. The van der Waals surface area contributed by atoms with Gasteiger partial charge < -0.3 is 14.2 Å². The molecule has 8 nitrogen and oxygen atoms in total. The maximum absolute atomic E-state index is 13.0. The third kappa shape index (κ3) is 5.56. The van der Waals surface area contributed by atoms with E-state index < -0.39 is 0 Å². The molecular weight excluding hydrogens is 476 g/mol. The Bertz CT molecular complexity index is 934. The molecule has 2 aliphatic rings. The molecule has 0 aliphatic carbocycles. The molecule has 1 amide bonds. The number of amides is 1. The van der Waals surface area contributed by atoms with Crippen LogP contribution in [0.5, 0.6) is 0 Å². The van der Waals surface area contributed by atoms with Crippen LogP contribution in [0.15, 0.2) is 33.3 Å². The maximum atomic E-state index is 13.0. The summed E-state index contributed by atoms with van der Waals surface area (Å²) in [5, 5.41) is 4.10. The summed E-state index contributed by atoms with van der Waals surface area (Å²) in [7, 11) is 0. The van der Waals surface area contributed by atoms with E-state index in [1.165, 1.54) is 0 Å². The number of aromatic nitrogens is 2. The lowest BCUT2D eigenvalue weighted by Gasteiger charge is -2.36. The maximum Gasteiger partial charge on any atom is 0.309 e. The number of carbonyl (C=O) groups excluding carboxylic acids is 2. The van der Waals surface area contributed by atoms with E-state index in [1.54, 1.807) is 0 Å². The Kier molecular flexibility index (Phi) is 7.57. The fourth-order valence-electron chi connectivity index (χ4n) is 4.45. The third-order valence-electron chi connectivity index (χ3n) is 6.27. The highest BCUT2D eigenvalue weighted by Crippen LogP contribution is 2.26. The molecule has 2 aliphatic heterocycles. The van der Waals surface area contributed by atoms with Crippen molar-refractivity contribution in [2.24, 2.45) is 11.8 Å². The number of hydrogen-bond acceptors (Lipinski definition) is 7. The predicted octanol–water partition coefficient (Wildman–Crippen LogP) is 3.51. The molecule has 1 aromatic heterocycles. The number of hydrogen-bond donors (Lipinski definition) is 0. The van der Waals surface area contributed by atoms with Crippen molar-refractivity contribution >= 4 is 27.8 Å². The van der Waals surface area contributed by atoms with E-state index in [0.29, 0.717) is 50.8 Å². The Balaban J connectivity index is 1.23. The molecule has 2 fully saturated rings. The summed E-state index contributed by atoms with van der Waals surface area (Å²) in [6.07, 6.45) is 3.04. The van der Waals surface area contributed by atoms with Gasteiger partial charge in [-0.15, -0.1) is 0 Å². The number of benzene rings is 1. The van der Waals surface area contributed by atoms with E-state index in [0.717, 1.165) is 36.0 Å². The van der Waals surface area contributed by atoms with Crippen LogP contribution < -0.4 is 0 Å². The summed E-state index contributed by atoms with van der Waals surface area (Å²) < 4.78 is 11.5. The number of likely N-dealkylation sites (tertiary alicyclic amines) is 2. The van der Waals surface area contributed by atoms with Crippen LogP contribution in [-0.4, -0.2) is 64.6 Å². The molecule has 0 saturated carbocycles. The SMILES string of the molecule is CCOC(=O)C1CCN(C(=O)C2CCN(Cc3nc(-c4cccc(Br)c4)no3)CC2)CC1. The Morgan fingerprint density at radius 3 is 2.53 bits per heavy atom. The molecule has 0 radical (unpaired) electrons. The number of esters is 1. The molecule has 0 bridgehead atoms. The molecular formula is C23H29BrN4O4. The summed E-state index contributed by atoms with van der Waals surface area (Å²) in [4.78, 5) is 33.6. The van der Waals surface area contributed by atoms with E-state index in [1.807, 2.05) is 36.1 Å². The Labute approximate surface area is 196 Å². The van der Waals surface area contributed by atoms with Crippen LogP contribution in [0, 0.1) is 11.8 Å². The topological polar surface area (TPSA) is 88.8 Å². The largest absolute Gasteiger partial charge is 0.466 e.